The lowest BCUT2D eigenvalue weighted by Crippen LogP contribution is -2.36. The molecule has 1 heterocycles. The van der Waals surface area contributed by atoms with Crippen LogP contribution in [0.25, 0.3) is 0 Å². The Kier molecular flexibility index (Phi) is 4.81. The van der Waals surface area contributed by atoms with Crippen molar-refractivity contribution in [3.8, 4) is 11.8 Å². The van der Waals surface area contributed by atoms with Crippen LogP contribution in [0.5, 0.6) is 0 Å². The van der Waals surface area contributed by atoms with Crippen LogP contribution in [0, 0.1) is 11.8 Å². The van der Waals surface area contributed by atoms with E-state index in [-0.39, 0.29) is 5.91 Å². The van der Waals surface area contributed by atoms with Gasteiger partial charge in [-0.25, -0.2) is 0 Å². The van der Waals surface area contributed by atoms with Crippen molar-refractivity contribution in [2.45, 2.75) is 18.2 Å². The number of hydrogen-bond acceptors (Lipinski definition) is 2. The number of likely N-dealkylation sites (tertiary alicyclic amines) is 1. The molecule has 0 spiro atoms. The fourth-order valence-electron chi connectivity index (χ4n) is 2.35. The highest BCUT2D eigenvalue weighted by Gasteiger charge is 2.38. The molecule has 3 nitrogen and oxygen atoms in total. The van der Waals surface area contributed by atoms with E-state index < -0.39 is 17.3 Å². The van der Waals surface area contributed by atoms with Gasteiger partial charge in [0.25, 0.3) is 0 Å². The molecule has 1 atom stereocenters. The molecule has 122 valence electrons. The van der Waals surface area contributed by atoms with Crippen molar-refractivity contribution in [1.29, 1.82) is 0 Å². The Labute approximate surface area is 132 Å². The Morgan fingerprint density at radius 1 is 1.39 bits per heavy atom. The van der Waals surface area contributed by atoms with Crippen LogP contribution in [0.2, 0.25) is 0 Å². The minimum absolute atomic E-state index is 0.194. The van der Waals surface area contributed by atoms with Crippen molar-refractivity contribution in [2.24, 2.45) is 0 Å². The van der Waals surface area contributed by atoms with E-state index in [2.05, 4.69) is 18.4 Å². The molecule has 6 heteroatoms. The molecular weight excluding hydrogens is 307 g/mol. The number of ether oxygens (including phenoxy) is 1. The number of hydrogen-bond donors (Lipinski definition) is 0. The number of carbonyl (C=O) groups excluding carboxylic acids is 1. The van der Waals surface area contributed by atoms with Gasteiger partial charge in [-0.1, -0.05) is 18.4 Å². The summed E-state index contributed by atoms with van der Waals surface area (Å²) in [6.45, 7) is 4.25. The van der Waals surface area contributed by atoms with Gasteiger partial charge in [0.1, 0.15) is 5.60 Å². The first kappa shape index (κ1) is 17.1. The third-order valence-electron chi connectivity index (χ3n) is 3.76. The first-order valence-electron chi connectivity index (χ1n) is 6.96. The van der Waals surface area contributed by atoms with Crippen LogP contribution < -0.4 is 0 Å². The number of nitrogens with zero attached hydrogens (tertiary/aromatic N) is 1. The summed E-state index contributed by atoms with van der Waals surface area (Å²) < 4.78 is 43.0. The average Bonchev–Trinajstić information content (AvgIpc) is 2.97. The van der Waals surface area contributed by atoms with Crippen LogP contribution in [0.4, 0.5) is 13.2 Å². The second-order valence-corrected chi connectivity index (χ2v) is 5.24. The third kappa shape index (κ3) is 3.93. The second-order valence-electron chi connectivity index (χ2n) is 5.24. The van der Waals surface area contributed by atoms with Gasteiger partial charge < -0.3 is 9.64 Å². The molecule has 0 aromatic heterocycles. The van der Waals surface area contributed by atoms with Crippen LogP contribution in [0.1, 0.15) is 17.5 Å². The van der Waals surface area contributed by atoms with Gasteiger partial charge in [0.15, 0.2) is 0 Å². The van der Waals surface area contributed by atoms with E-state index in [1.807, 2.05) is 0 Å². The monoisotopic (exact) mass is 323 g/mol. The SMILES string of the molecule is C=CC(=O)N1CC[C@](C#Cc2ccc(C(F)(F)F)cc2)(OC)C1. The fourth-order valence-corrected chi connectivity index (χ4v) is 2.35. The van der Waals surface area contributed by atoms with Crippen LogP contribution in [0.15, 0.2) is 36.9 Å². The molecule has 1 aliphatic rings. The maximum atomic E-state index is 12.5. The van der Waals surface area contributed by atoms with Crippen molar-refractivity contribution >= 4 is 5.91 Å². The van der Waals surface area contributed by atoms with E-state index in [9.17, 15) is 18.0 Å². The van der Waals surface area contributed by atoms with Gasteiger partial charge in [-0.2, -0.15) is 13.2 Å². The highest BCUT2D eigenvalue weighted by Crippen LogP contribution is 2.29. The number of amides is 1. The van der Waals surface area contributed by atoms with E-state index in [4.69, 9.17) is 4.74 Å². The Morgan fingerprint density at radius 2 is 2.04 bits per heavy atom. The van der Waals surface area contributed by atoms with Gasteiger partial charge in [0, 0.05) is 25.6 Å². The molecule has 0 radical (unpaired) electrons. The van der Waals surface area contributed by atoms with E-state index >= 15 is 0 Å². The van der Waals surface area contributed by atoms with Gasteiger partial charge in [-0.15, -0.1) is 0 Å². The number of halogens is 3. The molecule has 1 amide bonds. The largest absolute Gasteiger partial charge is 0.416 e. The number of carbonyl (C=O) groups is 1. The zero-order valence-electron chi connectivity index (χ0n) is 12.6. The predicted octanol–water partition coefficient (Wildman–Crippen LogP) is 2.86. The standard InChI is InChI=1S/C17H16F3NO2/c1-3-15(22)21-11-10-16(12-21,23-2)9-8-13-4-6-14(7-5-13)17(18,19)20/h3-7H,1,10-12H2,2H3/t16-/m0/s1. The quantitative estimate of drug-likeness (QED) is 0.619. The molecule has 1 saturated heterocycles. The number of alkyl halides is 3. The van der Waals surface area contributed by atoms with Crippen molar-refractivity contribution in [3.63, 3.8) is 0 Å². The molecule has 0 N–H and O–H groups in total. The van der Waals surface area contributed by atoms with Crippen molar-refractivity contribution < 1.29 is 22.7 Å². The summed E-state index contributed by atoms with van der Waals surface area (Å²) in [6.07, 6.45) is -2.59. The maximum absolute atomic E-state index is 12.5. The van der Waals surface area contributed by atoms with Crippen molar-refractivity contribution in [3.05, 3.63) is 48.0 Å². The Hall–Kier alpha value is -2.26. The lowest BCUT2D eigenvalue weighted by atomic mass is 10.0. The maximum Gasteiger partial charge on any atom is 0.416 e. The third-order valence-corrected chi connectivity index (χ3v) is 3.76. The Morgan fingerprint density at radius 3 is 2.57 bits per heavy atom. The highest BCUT2D eigenvalue weighted by molar-refractivity contribution is 5.87. The van der Waals surface area contributed by atoms with E-state index in [1.165, 1.54) is 25.3 Å². The van der Waals surface area contributed by atoms with E-state index in [0.717, 1.165) is 12.1 Å². The Balaban J connectivity index is 2.16. The second kappa shape index (κ2) is 6.47. The minimum Gasteiger partial charge on any atom is -0.364 e. The summed E-state index contributed by atoms with van der Waals surface area (Å²) in [5.74, 6) is 5.58. The smallest absolute Gasteiger partial charge is 0.364 e. The van der Waals surface area contributed by atoms with Gasteiger partial charge >= 0.3 is 6.18 Å². The minimum atomic E-state index is -4.36. The Bertz CT molecular complexity index is 655. The first-order chi connectivity index (χ1) is 10.8. The average molecular weight is 323 g/mol. The van der Waals surface area contributed by atoms with E-state index in [0.29, 0.717) is 25.1 Å². The molecule has 1 aromatic rings. The lowest BCUT2D eigenvalue weighted by molar-refractivity contribution is -0.137. The number of rotatable bonds is 2. The van der Waals surface area contributed by atoms with Crippen LogP contribution in [-0.4, -0.2) is 36.6 Å². The lowest BCUT2D eigenvalue weighted by Gasteiger charge is -2.21. The molecule has 0 saturated carbocycles. The molecular formula is C17H16F3NO2. The highest BCUT2D eigenvalue weighted by atomic mass is 19.4. The summed E-state index contributed by atoms with van der Waals surface area (Å²) >= 11 is 0. The van der Waals surface area contributed by atoms with Crippen LogP contribution in [-0.2, 0) is 15.7 Å². The number of methoxy groups -OCH3 is 1. The summed E-state index contributed by atoms with van der Waals surface area (Å²) in [7, 11) is 1.50. The molecule has 1 aromatic carbocycles. The molecule has 1 fully saturated rings. The van der Waals surface area contributed by atoms with Crippen LogP contribution in [0.3, 0.4) is 0 Å². The number of benzene rings is 1. The van der Waals surface area contributed by atoms with Gasteiger partial charge in [-0.3, -0.25) is 4.79 Å². The summed E-state index contributed by atoms with van der Waals surface area (Å²) in [5, 5.41) is 0. The predicted molar refractivity (Wildman–Crippen MR) is 79.5 cm³/mol. The zero-order valence-corrected chi connectivity index (χ0v) is 12.6. The summed E-state index contributed by atoms with van der Waals surface area (Å²) in [4.78, 5) is 13.2. The first-order valence-corrected chi connectivity index (χ1v) is 6.96. The molecule has 23 heavy (non-hydrogen) atoms. The summed E-state index contributed by atoms with van der Waals surface area (Å²) in [6, 6.07) is 4.62. The normalized spacial score (nSPS) is 20.8. The van der Waals surface area contributed by atoms with Gasteiger partial charge in [-0.05, 0) is 30.3 Å². The van der Waals surface area contributed by atoms with Gasteiger partial charge in [0.2, 0.25) is 5.91 Å². The van der Waals surface area contributed by atoms with Crippen molar-refractivity contribution in [1.82, 2.24) is 4.90 Å². The van der Waals surface area contributed by atoms with Gasteiger partial charge in [0.05, 0.1) is 12.1 Å². The van der Waals surface area contributed by atoms with Crippen molar-refractivity contribution in [2.75, 3.05) is 20.2 Å². The topological polar surface area (TPSA) is 29.5 Å². The molecule has 0 aliphatic carbocycles. The zero-order chi connectivity index (χ0) is 17.1. The molecule has 0 bridgehead atoms. The molecule has 1 aliphatic heterocycles. The molecule has 2 rings (SSSR count). The fraction of sp³-hybridized carbons (Fsp3) is 0.353. The van der Waals surface area contributed by atoms with Crippen LogP contribution >= 0.6 is 0 Å². The molecule has 0 unspecified atom stereocenters. The summed E-state index contributed by atoms with van der Waals surface area (Å²) in [5.41, 5.74) is -1.06. The van der Waals surface area contributed by atoms with E-state index in [1.54, 1.807) is 4.90 Å².